The van der Waals surface area contributed by atoms with Crippen LogP contribution in [0.4, 0.5) is 0 Å². The number of carbonyl (C=O) groups is 2. The number of aliphatic hydroxyl groups is 2. The lowest BCUT2D eigenvalue weighted by atomic mass is 10.2. The van der Waals surface area contributed by atoms with E-state index in [1.165, 1.54) is 0 Å². The van der Waals surface area contributed by atoms with Gasteiger partial charge in [0.05, 0.1) is 6.54 Å². The minimum atomic E-state index is -2.13. The molecule has 8 nitrogen and oxygen atoms in total. The molecule has 1 aliphatic heterocycles. The number of nitrogens with two attached hydrogens (primary N) is 2. The van der Waals surface area contributed by atoms with Crippen LogP contribution in [0.2, 0.25) is 0 Å². The van der Waals surface area contributed by atoms with Gasteiger partial charge in [0, 0.05) is 0 Å². The summed E-state index contributed by atoms with van der Waals surface area (Å²) in [6.45, 7) is -0.482. The molecule has 1 saturated heterocycles. The van der Waals surface area contributed by atoms with Crippen molar-refractivity contribution in [3.63, 3.8) is 0 Å². The van der Waals surface area contributed by atoms with Crippen LogP contribution < -0.4 is 11.5 Å². The first-order valence-electron chi connectivity index (χ1n) is 3.70. The number of hydrogen-bond donors (Lipinski definition) is 4. The zero-order chi connectivity index (χ0) is 10.9. The van der Waals surface area contributed by atoms with E-state index in [4.69, 9.17) is 21.7 Å². The van der Waals surface area contributed by atoms with Crippen LogP contribution in [0.5, 0.6) is 0 Å². The van der Waals surface area contributed by atoms with Gasteiger partial charge in [-0.2, -0.15) is 0 Å². The highest BCUT2D eigenvalue weighted by Crippen LogP contribution is 2.14. The molecule has 0 aromatic carbocycles. The molecular weight excluding hydrogens is 196 g/mol. The van der Waals surface area contributed by atoms with Gasteiger partial charge in [0.1, 0.15) is 0 Å². The summed E-state index contributed by atoms with van der Waals surface area (Å²) in [5.74, 6) is -4.67. The Balaban J connectivity index is 2.94. The summed E-state index contributed by atoms with van der Waals surface area (Å²) in [5, 5.41) is 18.0. The number of carbonyl (C=O) groups excluding carboxylic acids is 2. The molecule has 0 aliphatic carbocycles. The highest BCUT2D eigenvalue weighted by molar-refractivity contribution is 5.87. The van der Waals surface area contributed by atoms with Crippen molar-refractivity contribution in [1.82, 2.24) is 0 Å². The van der Waals surface area contributed by atoms with E-state index in [-0.39, 0.29) is 0 Å². The summed E-state index contributed by atoms with van der Waals surface area (Å²) < 4.78 is 8.72. The predicted molar refractivity (Wildman–Crippen MR) is 40.2 cm³/mol. The summed E-state index contributed by atoms with van der Waals surface area (Å²) in [7, 11) is 0. The van der Waals surface area contributed by atoms with Crippen LogP contribution in [0.25, 0.3) is 0 Å². The molecule has 2 unspecified atom stereocenters. The van der Waals surface area contributed by atoms with Gasteiger partial charge in [0.2, 0.25) is 0 Å². The molecule has 1 fully saturated rings. The molecule has 14 heavy (non-hydrogen) atoms. The lowest BCUT2D eigenvalue weighted by Gasteiger charge is -2.24. The Kier molecular flexibility index (Phi) is 2.71. The molecule has 1 rings (SSSR count). The van der Waals surface area contributed by atoms with Gasteiger partial charge in [-0.15, -0.1) is 0 Å². The smallest absolute Gasteiger partial charge is 0.342 e. The second-order valence-corrected chi connectivity index (χ2v) is 2.75. The highest BCUT2D eigenvalue weighted by Gasteiger charge is 2.45. The van der Waals surface area contributed by atoms with E-state index >= 15 is 0 Å². The summed E-state index contributed by atoms with van der Waals surface area (Å²) in [4.78, 5) is 21.9. The maximum atomic E-state index is 10.9. The Morgan fingerprint density at radius 2 is 1.57 bits per heavy atom. The van der Waals surface area contributed by atoms with E-state index in [1.54, 1.807) is 0 Å². The molecule has 6 N–H and O–H groups in total. The topological polar surface area (TPSA) is 145 Å². The lowest BCUT2D eigenvalue weighted by molar-refractivity contribution is -0.219. The Bertz CT molecular complexity index is 245. The number of cyclic esters (lactones) is 2. The van der Waals surface area contributed by atoms with Crippen LogP contribution in [-0.4, -0.2) is 46.8 Å². The molecule has 2 atom stereocenters. The van der Waals surface area contributed by atoms with Crippen molar-refractivity contribution in [3.05, 3.63) is 0 Å². The third-order valence-corrected chi connectivity index (χ3v) is 1.61. The van der Waals surface area contributed by atoms with Crippen LogP contribution >= 0.6 is 0 Å². The van der Waals surface area contributed by atoms with Gasteiger partial charge < -0.3 is 25.4 Å². The van der Waals surface area contributed by atoms with Crippen molar-refractivity contribution >= 4 is 11.9 Å². The zero-order valence-corrected chi connectivity index (χ0v) is 7.04. The third-order valence-electron chi connectivity index (χ3n) is 1.61. The molecule has 1 heterocycles. The maximum absolute atomic E-state index is 10.9. The quantitative estimate of drug-likeness (QED) is 0.322. The molecule has 0 bridgehead atoms. The van der Waals surface area contributed by atoms with E-state index in [1.807, 2.05) is 0 Å². The summed E-state index contributed by atoms with van der Waals surface area (Å²) in [5.41, 5.74) is 10.3. The van der Waals surface area contributed by atoms with E-state index in [2.05, 4.69) is 9.47 Å². The van der Waals surface area contributed by atoms with Crippen molar-refractivity contribution in [1.29, 1.82) is 0 Å². The number of esters is 2. The van der Waals surface area contributed by atoms with Crippen molar-refractivity contribution < 1.29 is 29.3 Å². The Labute approximate surface area is 78.4 Å². The Hall–Kier alpha value is -1.22. The van der Waals surface area contributed by atoms with E-state index in [9.17, 15) is 9.59 Å². The second-order valence-electron chi connectivity index (χ2n) is 2.75. The van der Waals surface area contributed by atoms with Crippen LogP contribution in [0.3, 0.4) is 0 Å². The fraction of sp³-hybridized carbons (Fsp3) is 0.667. The van der Waals surface area contributed by atoms with Crippen molar-refractivity contribution in [2.45, 2.75) is 18.1 Å². The fourth-order valence-corrected chi connectivity index (χ4v) is 0.823. The monoisotopic (exact) mass is 206 g/mol. The first kappa shape index (κ1) is 10.9. The number of hydrogen-bond acceptors (Lipinski definition) is 8. The molecular formula is C6H10N2O6. The standard InChI is InChI=1S/C6H10N2O6/c7-1-6(8)13-4(11)2(9)3(10)5(12)14-6/h2-3,9-10H,1,7-8H2. The molecule has 0 amide bonds. The molecule has 8 heteroatoms. The predicted octanol–water partition coefficient (Wildman–Crippen LogP) is -3.62. The zero-order valence-electron chi connectivity index (χ0n) is 7.04. The molecule has 0 spiro atoms. The van der Waals surface area contributed by atoms with Gasteiger partial charge in [-0.25, -0.2) is 9.59 Å². The van der Waals surface area contributed by atoms with Crippen molar-refractivity contribution in [3.8, 4) is 0 Å². The summed E-state index contributed by atoms with van der Waals surface area (Å²) in [6, 6.07) is 0. The summed E-state index contributed by atoms with van der Waals surface area (Å²) in [6.07, 6.45) is -4.03. The van der Waals surface area contributed by atoms with Crippen LogP contribution in [-0.2, 0) is 19.1 Å². The number of ether oxygens (including phenoxy) is 2. The first-order chi connectivity index (χ1) is 6.39. The van der Waals surface area contributed by atoms with Gasteiger partial charge in [0.25, 0.3) is 0 Å². The van der Waals surface area contributed by atoms with E-state index in [0.29, 0.717) is 0 Å². The molecule has 0 radical (unpaired) electrons. The molecule has 0 aromatic heterocycles. The average Bonchev–Trinajstić information content (AvgIpc) is 2.20. The molecule has 1 aliphatic rings. The molecule has 80 valence electrons. The Morgan fingerprint density at radius 1 is 1.21 bits per heavy atom. The van der Waals surface area contributed by atoms with E-state index in [0.717, 1.165) is 0 Å². The van der Waals surface area contributed by atoms with Crippen LogP contribution in [0.1, 0.15) is 0 Å². The van der Waals surface area contributed by atoms with Crippen molar-refractivity contribution in [2.75, 3.05) is 6.54 Å². The van der Waals surface area contributed by atoms with Gasteiger partial charge in [-0.05, 0) is 0 Å². The summed E-state index contributed by atoms with van der Waals surface area (Å²) >= 11 is 0. The SMILES string of the molecule is NCC1(N)OC(=O)C(O)C(O)C(=O)O1. The van der Waals surface area contributed by atoms with Crippen molar-refractivity contribution in [2.24, 2.45) is 11.5 Å². The Morgan fingerprint density at radius 3 is 1.86 bits per heavy atom. The van der Waals surface area contributed by atoms with Gasteiger partial charge >= 0.3 is 17.8 Å². The average molecular weight is 206 g/mol. The van der Waals surface area contributed by atoms with Gasteiger partial charge in [0.15, 0.2) is 12.2 Å². The highest BCUT2D eigenvalue weighted by atomic mass is 16.8. The first-order valence-corrected chi connectivity index (χ1v) is 3.70. The van der Waals surface area contributed by atoms with Crippen LogP contribution in [0.15, 0.2) is 0 Å². The molecule has 0 aromatic rings. The largest absolute Gasteiger partial charge is 0.405 e. The molecule has 0 saturated carbocycles. The lowest BCUT2D eigenvalue weighted by Crippen LogP contribution is -2.53. The van der Waals surface area contributed by atoms with Crippen LogP contribution in [0, 0.1) is 0 Å². The third kappa shape index (κ3) is 1.82. The maximum Gasteiger partial charge on any atom is 0.342 e. The normalized spacial score (nSPS) is 38.6. The number of rotatable bonds is 1. The second kappa shape index (κ2) is 3.50. The minimum absolute atomic E-state index is 0.482. The number of aliphatic hydroxyl groups excluding tert-OH is 2. The fourth-order valence-electron chi connectivity index (χ4n) is 0.823. The van der Waals surface area contributed by atoms with E-state index < -0.39 is 36.6 Å². The van der Waals surface area contributed by atoms with Gasteiger partial charge in [-0.1, -0.05) is 0 Å². The minimum Gasteiger partial charge on any atom is -0.405 e. The van der Waals surface area contributed by atoms with Gasteiger partial charge in [-0.3, -0.25) is 5.73 Å².